The van der Waals surface area contributed by atoms with E-state index < -0.39 is 0 Å². The zero-order chi connectivity index (χ0) is 19.0. The van der Waals surface area contributed by atoms with Crippen molar-refractivity contribution in [2.75, 3.05) is 18.5 Å². The second-order valence-electron chi connectivity index (χ2n) is 7.62. The Labute approximate surface area is 156 Å². The van der Waals surface area contributed by atoms with Crippen molar-refractivity contribution in [3.8, 4) is 0 Å². The van der Waals surface area contributed by atoms with Gasteiger partial charge in [0.25, 0.3) is 0 Å². The third-order valence-electron chi connectivity index (χ3n) is 4.54. The van der Waals surface area contributed by atoms with Gasteiger partial charge >= 0.3 is 6.03 Å². The molecule has 2 aromatic rings. The van der Waals surface area contributed by atoms with E-state index in [0.29, 0.717) is 13.0 Å². The predicted molar refractivity (Wildman–Crippen MR) is 108 cm³/mol. The van der Waals surface area contributed by atoms with Crippen LogP contribution in [0, 0.1) is 0 Å². The highest BCUT2D eigenvalue weighted by Crippen LogP contribution is 2.24. The lowest BCUT2D eigenvalue weighted by Gasteiger charge is -2.19. The van der Waals surface area contributed by atoms with Crippen LogP contribution in [0.3, 0.4) is 0 Å². The van der Waals surface area contributed by atoms with Gasteiger partial charge in [0.15, 0.2) is 0 Å². The molecule has 0 aliphatic rings. The van der Waals surface area contributed by atoms with E-state index in [1.165, 1.54) is 11.1 Å². The molecule has 0 aliphatic carbocycles. The number of hydrogen-bond donors (Lipinski definition) is 3. The predicted octanol–water partition coefficient (Wildman–Crippen LogP) is 4.66. The number of aliphatic hydroxyl groups excluding tert-OH is 1. The molecule has 0 aromatic heterocycles. The van der Waals surface area contributed by atoms with Crippen LogP contribution in [0.2, 0.25) is 0 Å². The summed E-state index contributed by atoms with van der Waals surface area (Å²) in [6.07, 6.45) is 1.49. The molecule has 0 saturated carbocycles. The Bertz CT molecular complexity index is 676. The highest BCUT2D eigenvalue weighted by molar-refractivity contribution is 5.89. The normalized spacial score (nSPS) is 12.5. The van der Waals surface area contributed by atoms with Gasteiger partial charge in [-0.05, 0) is 47.4 Å². The second kappa shape index (κ2) is 9.39. The summed E-state index contributed by atoms with van der Waals surface area (Å²) in [5.74, 6) is 0.243. The minimum atomic E-state index is -0.204. The van der Waals surface area contributed by atoms with Gasteiger partial charge in [0, 0.05) is 18.8 Å². The lowest BCUT2D eigenvalue weighted by molar-refractivity contribution is 0.250. The zero-order valence-corrected chi connectivity index (χ0v) is 16.0. The van der Waals surface area contributed by atoms with Crippen LogP contribution in [0.25, 0.3) is 0 Å². The molecule has 4 heteroatoms. The largest absolute Gasteiger partial charge is 0.396 e. The average molecular weight is 354 g/mol. The lowest BCUT2D eigenvalue weighted by Crippen LogP contribution is -2.30. The number of anilines is 1. The first-order valence-corrected chi connectivity index (χ1v) is 9.21. The molecule has 0 aliphatic heterocycles. The number of carbonyl (C=O) groups is 1. The number of aliphatic hydroxyl groups is 1. The van der Waals surface area contributed by atoms with E-state index in [1.807, 2.05) is 42.5 Å². The maximum atomic E-state index is 12.1. The summed E-state index contributed by atoms with van der Waals surface area (Å²) in [6.45, 7) is 7.20. The van der Waals surface area contributed by atoms with Gasteiger partial charge in [0.05, 0.1) is 0 Å². The Morgan fingerprint density at radius 3 is 2.23 bits per heavy atom. The quantitative estimate of drug-likeness (QED) is 0.677. The fourth-order valence-electron chi connectivity index (χ4n) is 2.95. The van der Waals surface area contributed by atoms with Crippen LogP contribution in [0.15, 0.2) is 54.6 Å². The molecular formula is C22H30N2O2. The van der Waals surface area contributed by atoms with E-state index in [9.17, 15) is 9.90 Å². The van der Waals surface area contributed by atoms with Crippen LogP contribution in [0.4, 0.5) is 10.5 Å². The maximum absolute atomic E-state index is 12.1. The van der Waals surface area contributed by atoms with Crippen LogP contribution in [0.5, 0.6) is 0 Å². The summed E-state index contributed by atoms with van der Waals surface area (Å²) in [6, 6.07) is 17.9. The van der Waals surface area contributed by atoms with E-state index in [-0.39, 0.29) is 24.0 Å². The number of carbonyl (C=O) groups excluding carboxylic acids is 1. The van der Waals surface area contributed by atoms with Crippen molar-refractivity contribution >= 4 is 11.7 Å². The number of amides is 2. The molecule has 2 rings (SSSR count). The van der Waals surface area contributed by atoms with Crippen LogP contribution in [-0.4, -0.2) is 24.3 Å². The number of urea groups is 1. The van der Waals surface area contributed by atoms with E-state index in [1.54, 1.807) is 0 Å². The molecule has 4 nitrogen and oxygen atoms in total. The molecule has 0 saturated heterocycles. The third-order valence-corrected chi connectivity index (χ3v) is 4.54. The van der Waals surface area contributed by atoms with Crippen molar-refractivity contribution < 1.29 is 9.90 Å². The van der Waals surface area contributed by atoms with Gasteiger partial charge in [-0.1, -0.05) is 63.2 Å². The highest BCUT2D eigenvalue weighted by Gasteiger charge is 2.14. The molecule has 0 heterocycles. The number of benzene rings is 2. The van der Waals surface area contributed by atoms with Gasteiger partial charge in [-0.25, -0.2) is 4.79 Å². The van der Waals surface area contributed by atoms with Gasteiger partial charge in [-0.3, -0.25) is 0 Å². The Morgan fingerprint density at radius 1 is 1.00 bits per heavy atom. The molecule has 1 unspecified atom stereocenters. The average Bonchev–Trinajstić information content (AvgIpc) is 2.61. The minimum Gasteiger partial charge on any atom is -0.396 e. The fourth-order valence-corrected chi connectivity index (χ4v) is 2.95. The Hall–Kier alpha value is -2.33. The fraction of sp³-hybridized carbons (Fsp3) is 0.409. The summed E-state index contributed by atoms with van der Waals surface area (Å²) in [4.78, 5) is 12.1. The number of rotatable bonds is 7. The Balaban J connectivity index is 1.82. The SMILES string of the molecule is CC(C)(C)c1ccc(NC(=O)NCCC(CCO)c2ccccc2)cc1. The van der Waals surface area contributed by atoms with Crippen molar-refractivity contribution in [1.29, 1.82) is 0 Å². The molecule has 2 amide bonds. The summed E-state index contributed by atoms with van der Waals surface area (Å²) >= 11 is 0. The summed E-state index contributed by atoms with van der Waals surface area (Å²) in [7, 11) is 0. The van der Waals surface area contributed by atoms with Gasteiger partial charge in [-0.2, -0.15) is 0 Å². The smallest absolute Gasteiger partial charge is 0.319 e. The topological polar surface area (TPSA) is 61.4 Å². The Kier molecular flexibility index (Phi) is 7.22. The summed E-state index contributed by atoms with van der Waals surface area (Å²) in [5, 5.41) is 15.1. The van der Waals surface area contributed by atoms with Crippen LogP contribution < -0.4 is 10.6 Å². The van der Waals surface area contributed by atoms with Crippen LogP contribution in [0.1, 0.15) is 50.7 Å². The monoisotopic (exact) mass is 354 g/mol. The molecule has 1 atom stereocenters. The zero-order valence-electron chi connectivity index (χ0n) is 16.0. The number of nitrogens with one attached hydrogen (secondary N) is 2. The molecule has 0 fully saturated rings. The molecule has 0 bridgehead atoms. The molecule has 0 radical (unpaired) electrons. The molecule has 26 heavy (non-hydrogen) atoms. The van der Waals surface area contributed by atoms with Crippen molar-refractivity contribution in [1.82, 2.24) is 5.32 Å². The first kappa shape index (κ1) is 20.0. The summed E-state index contributed by atoms with van der Waals surface area (Å²) in [5.41, 5.74) is 3.31. The number of hydrogen-bond acceptors (Lipinski definition) is 2. The molecular weight excluding hydrogens is 324 g/mol. The second-order valence-corrected chi connectivity index (χ2v) is 7.62. The van der Waals surface area contributed by atoms with E-state index in [0.717, 1.165) is 12.1 Å². The van der Waals surface area contributed by atoms with Crippen LogP contribution in [-0.2, 0) is 5.41 Å². The van der Waals surface area contributed by atoms with E-state index in [4.69, 9.17) is 0 Å². The summed E-state index contributed by atoms with van der Waals surface area (Å²) < 4.78 is 0. The first-order chi connectivity index (χ1) is 12.4. The van der Waals surface area contributed by atoms with Crippen molar-refractivity contribution in [3.63, 3.8) is 0 Å². The van der Waals surface area contributed by atoms with Crippen LogP contribution >= 0.6 is 0 Å². The molecule has 140 valence electrons. The van der Waals surface area contributed by atoms with Crippen molar-refractivity contribution in [2.45, 2.75) is 44.9 Å². The molecule has 0 spiro atoms. The van der Waals surface area contributed by atoms with Gasteiger partial charge in [-0.15, -0.1) is 0 Å². The Morgan fingerprint density at radius 2 is 1.65 bits per heavy atom. The van der Waals surface area contributed by atoms with E-state index in [2.05, 4.69) is 43.5 Å². The maximum Gasteiger partial charge on any atom is 0.319 e. The van der Waals surface area contributed by atoms with Crippen molar-refractivity contribution in [3.05, 3.63) is 65.7 Å². The minimum absolute atomic E-state index is 0.0972. The van der Waals surface area contributed by atoms with Gasteiger partial charge < -0.3 is 15.7 Å². The standard InChI is InChI=1S/C22H30N2O2/c1-22(2,3)19-9-11-20(12-10-19)24-21(26)23-15-13-18(14-16-25)17-7-5-4-6-8-17/h4-12,18,25H,13-16H2,1-3H3,(H2,23,24,26). The third kappa shape index (κ3) is 6.19. The van der Waals surface area contributed by atoms with Gasteiger partial charge in [0.1, 0.15) is 0 Å². The van der Waals surface area contributed by atoms with E-state index >= 15 is 0 Å². The lowest BCUT2D eigenvalue weighted by atomic mass is 9.87. The van der Waals surface area contributed by atoms with Gasteiger partial charge in [0.2, 0.25) is 0 Å². The highest BCUT2D eigenvalue weighted by atomic mass is 16.3. The van der Waals surface area contributed by atoms with Crippen molar-refractivity contribution in [2.24, 2.45) is 0 Å². The first-order valence-electron chi connectivity index (χ1n) is 9.21. The molecule has 3 N–H and O–H groups in total. The molecule has 2 aromatic carbocycles.